The van der Waals surface area contributed by atoms with Gasteiger partial charge >= 0.3 is 0 Å². The predicted octanol–water partition coefficient (Wildman–Crippen LogP) is 3.75. The minimum Gasteiger partial charge on any atom is -0.388 e. The zero-order chi connectivity index (χ0) is 15.0. The van der Waals surface area contributed by atoms with E-state index in [-0.39, 0.29) is 5.02 Å². The summed E-state index contributed by atoms with van der Waals surface area (Å²) in [5, 5.41) is 10.5. The number of nitrogens with zero attached hydrogens (tertiary/aromatic N) is 1. The Morgan fingerprint density at radius 3 is 2.86 bits per heavy atom. The summed E-state index contributed by atoms with van der Waals surface area (Å²) in [6, 6.07) is 10.7. The number of hydrogen-bond donors (Lipinski definition) is 1. The van der Waals surface area contributed by atoms with Crippen molar-refractivity contribution in [1.29, 1.82) is 0 Å². The molecule has 2 aromatic rings. The molecule has 1 aliphatic rings. The van der Waals surface area contributed by atoms with Crippen molar-refractivity contribution in [2.45, 2.75) is 18.9 Å². The van der Waals surface area contributed by atoms with E-state index < -0.39 is 11.9 Å². The van der Waals surface area contributed by atoms with Crippen LogP contribution in [0.1, 0.15) is 22.8 Å². The maximum Gasteiger partial charge on any atom is 0.142 e. The molecule has 1 atom stereocenters. The summed E-state index contributed by atoms with van der Waals surface area (Å²) in [5.41, 5.74) is 4.10. The highest BCUT2D eigenvalue weighted by Crippen LogP contribution is 2.30. The van der Waals surface area contributed by atoms with Crippen LogP contribution < -0.4 is 4.90 Å². The van der Waals surface area contributed by atoms with Gasteiger partial charge in [0.2, 0.25) is 0 Å². The molecule has 0 saturated heterocycles. The highest BCUT2D eigenvalue weighted by Gasteiger charge is 2.18. The van der Waals surface area contributed by atoms with Crippen LogP contribution in [0.3, 0.4) is 0 Å². The molecule has 1 heterocycles. The van der Waals surface area contributed by atoms with Crippen molar-refractivity contribution >= 4 is 17.3 Å². The van der Waals surface area contributed by atoms with Crippen LogP contribution in [-0.4, -0.2) is 18.7 Å². The van der Waals surface area contributed by atoms with Gasteiger partial charge < -0.3 is 10.0 Å². The van der Waals surface area contributed by atoms with Gasteiger partial charge in [0, 0.05) is 25.7 Å². The standard InChI is InChI=1S/C17H17ClFNO/c1-20-7-6-12-10-13(3-5-16(12)20)17(21)9-11-2-4-14(18)15(19)8-11/h2-5,8,10,17,21H,6-7,9H2,1H3. The summed E-state index contributed by atoms with van der Waals surface area (Å²) >= 11 is 5.67. The lowest BCUT2D eigenvalue weighted by Crippen LogP contribution is -2.12. The molecule has 1 unspecified atom stereocenters. The third kappa shape index (κ3) is 2.89. The Morgan fingerprint density at radius 1 is 1.29 bits per heavy atom. The first-order valence-corrected chi connectivity index (χ1v) is 7.38. The Kier molecular flexibility index (Phi) is 3.87. The Bertz CT molecular complexity index is 674. The van der Waals surface area contributed by atoms with Gasteiger partial charge in [-0.05, 0) is 41.3 Å². The van der Waals surface area contributed by atoms with E-state index in [0.29, 0.717) is 6.42 Å². The summed E-state index contributed by atoms with van der Waals surface area (Å²) < 4.78 is 13.4. The van der Waals surface area contributed by atoms with E-state index in [2.05, 4.69) is 18.0 Å². The predicted molar refractivity (Wildman–Crippen MR) is 83.5 cm³/mol. The van der Waals surface area contributed by atoms with E-state index in [9.17, 15) is 9.50 Å². The van der Waals surface area contributed by atoms with Gasteiger partial charge in [0.25, 0.3) is 0 Å². The van der Waals surface area contributed by atoms with E-state index >= 15 is 0 Å². The molecule has 0 saturated carbocycles. The van der Waals surface area contributed by atoms with E-state index in [1.54, 1.807) is 6.07 Å². The molecule has 4 heteroatoms. The normalized spacial score (nSPS) is 15.1. The molecule has 2 nitrogen and oxygen atoms in total. The van der Waals surface area contributed by atoms with E-state index in [4.69, 9.17) is 11.6 Å². The fraction of sp³-hybridized carbons (Fsp3) is 0.294. The molecule has 1 aliphatic heterocycles. The van der Waals surface area contributed by atoms with Gasteiger partial charge in [-0.15, -0.1) is 0 Å². The minimum absolute atomic E-state index is 0.105. The zero-order valence-corrected chi connectivity index (χ0v) is 12.6. The van der Waals surface area contributed by atoms with Crippen molar-refractivity contribution in [1.82, 2.24) is 0 Å². The van der Waals surface area contributed by atoms with Crippen LogP contribution in [0.5, 0.6) is 0 Å². The lowest BCUT2D eigenvalue weighted by atomic mass is 9.99. The first-order chi connectivity index (χ1) is 10.0. The van der Waals surface area contributed by atoms with E-state index in [1.807, 2.05) is 12.1 Å². The number of likely N-dealkylation sites (N-methyl/N-ethyl adjacent to an activating group) is 1. The summed E-state index contributed by atoms with van der Waals surface area (Å²) in [4.78, 5) is 2.21. The van der Waals surface area contributed by atoms with Crippen molar-refractivity contribution in [2.75, 3.05) is 18.5 Å². The van der Waals surface area contributed by atoms with Gasteiger partial charge in [-0.25, -0.2) is 4.39 Å². The largest absolute Gasteiger partial charge is 0.388 e. The van der Waals surface area contributed by atoms with Gasteiger partial charge in [-0.2, -0.15) is 0 Å². The molecular formula is C17H17ClFNO. The maximum absolute atomic E-state index is 13.4. The summed E-state index contributed by atoms with van der Waals surface area (Å²) in [6.45, 7) is 1.01. The number of anilines is 1. The molecule has 0 fully saturated rings. The van der Waals surface area contributed by atoms with Crippen molar-refractivity contribution in [3.05, 3.63) is 63.9 Å². The summed E-state index contributed by atoms with van der Waals surface area (Å²) in [7, 11) is 2.07. The van der Waals surface area contributed by atoms with E-state index in [1.165, 1.54) is 23.4 Å². The highest BCUT2D eigenvalue weighted by molar-refractivity contribution is 6.30. The van der Waals surface area contributed by atoms with Crippen LogP contribution in [0.2, 0.25) is 5.02 Å². The fourth-order valence-corrected chi connectivity index (χ4v) is 2.92. The molecule has 0 amide bonds. The molecule has 2 aromatic carbocycles. The molecule has 0 bridgehead atoms. The van der Waals surface area contributed by atoms with Crippen LogP contribution in [0.25, 0.3) is 0 Å². The number of aliphatic hydroxyl groups is 1. The van der Waals surface area contributed by atoms with Gasteiger partial charge in [0.05, 0.1) is 11.1 Å². The van der Waals surface area contributed by atoms with Crippen molar-refractivity contribution < 1.29 is 9.50 Å². The van der Waals surface area contributed by atoms with Crippen LogP contribution in [0, 0.1) is 5.82 Å². The number of aliphatic hydroxyl groups excluding tert-OH is 1. The van der Waals surface area contributed by atoms with Gasteiger partial charge in [0.1, 0.15) is 5.82 Å². The second kappa shape index (κ2) is 5.66. The second-order valence-electron chi connectivity index (χ2n) is 5.53. The fourth-order valence-electron chi connectivity index (χ4n) is 2.80. The minimum atomic E-state index is -0.637. The molecule has 110 valence electrons. The first kappa shape index (κ1) is 14.4. The Labute approximate surface area is 128 Å². The number of hydrogen-bond acceptors (Lipinski definition) is 2. The topological polar surface area (TPSA) is 23.5 Å². The summed E-state index contributed by atoms with van der Waals surface area (Å²) in [5.74, 6) is -0.447. The van der Waals surface area contributed by atoms with Crippen LogP contribution in [0.15, 0.2) is 36.4 Å². The molecule has 1 N–H and O–H groups in total. The molecular weight excluding hydrogens is 289 g/mol. The zero-order valence-electron chi connectivity index (χ0n) is 11.8. The third-order valence-corrected chi connectivity index (χ3v) is 4.34. The molecule has 3 rings (SSSR count). The number of benzene rings is 2. The number of rotatable bonds is 3. The van der Waals surface area contributed by atoms with Gasteiger partial charge in [-0.1, -0.05) is 29.8 Å². The van der Waals surface area contributed by atoms with Crippen LogP contribution in [-0.2, 0) is 12.8 Å². The smallest absolute Gasteiger partial charge is 0.142 e. The molecule has 0 aromatic heterocycles. The second-order valence-corrected chi connectivity index (χ2v) is 5.94. The average molecular weight is 306 g/mol. The monoisotopic (exact) mass is 305 g/mol. The molecule has 0 spiro atoms. The lowest BCUT2D eigenvalue weighted by molar-refractivity contribution is 0.178. The lowest BCUT2D eigenvalue weighted by Gasteiger charge is -2.15. The number of halogens is 2. The Balaban J connectivity index is 1.79. The summed E-state index contributed by atoms with van der Waals surface area (Å²) in [6.07, 6.45) is 0.742. The average Bonchev–Trinajstić information content (AvgIpc) is 2.84. The van der Waals surface area contributed by atoms with Crippen LogP contribution >= 0.6 is 11.6 Å². The first-order valence-electron chi connectivity index (χ1n) is 7.00. The quantitative estimate of drug-likeness (QED) is 0.933. The van der Waals surface area contributed by atoms with Gasteiger partial charge in [0.15, 0.2) is 0 Å². The third-order valence-electron chi connectivity index (χ3n) is 4.03. The molecule has 0 aliphatic carbocycles. The van der Waals surface area contributed by atoms with E-state index in [0.717, 1.165) is 24.1 Å². The maximum atomic E-state index is 13.4. The van der Waals surface area contributed by atoms with Crippen molar-refractivity contribution in [3.8, 4) is 0 Å². The van der Waals surface area contributed by atoms with Crippen molar-refractivity contribution in [3.63, 3.8) is 0 Å². The Hall–Kier alpha value is -1.58. The number of fused-ring (bicyclic) bond motifs is 1. The SMILES string of the molecule is CN1CCc2cc(C(O)Cc3ccc(Cl)c(F)c3)ccc21. The van der Waals surface area contributed by atoms with Crippen LogP contribution in [0.4, 0.5) is 10.1 Å². The highest BCUT2D eigenvalue weighted by atomic mass is 35.5. The molecule has 21 heavy (non-hydrogen) atoms. The molecule has 0 radical (unpaired) electrons. The van der Waals surface area contributed by atoms with Gasteiger partial charge in [-0.3, -0.25) is 0 Å². The Morgan fingerprint density at radius 2 is 2.10 bits per heavy atom. The van der Waals surface area contributed by atoms with Crippen molar-refractivity contribution in [2.24, 2.45) is 0 Å².